The van der Waals surface area contributed by atoms with Gasteiger partial charge in [0.15, 0.2) is 0 Å². The topological polar surface area (TPSA) is 165 Å². The monoisotopic (exact) mass is 377 g/mol. The van der Waals surface area contributed by atoms with E-state index in [1.807, 2.05) is 0 Å². The number of ether oxygens (including phenoxy) is 2. The summed E-state index contributed by atoms with van der Waals surface area (Å²) in [5, 5.41) is 14.5. The van der Waals surface area contributed by atoms with Gasteiger partial charge in [-0.3, -0.25) is 19.7 Å². The van der Waals surface area contributed by atoms with E-state index in [0.717, 1.165) is 0 Å². The van der Waals surface area contributed by atoms with Crippen LogP contribution in [0.15, 0.2) is 23.3 Å². The van der Waals surface area contributed by atoms with Gasteiger partial charge in [-0.2, -0.15) is 4.90 Å². The minimum atomic E-state index is -1.17. The van der Waals surface area contributed by atoms with E-state index in [2.05, 4.69) is 10.0 Å². The van der Waals surface area contributed by atoms with Crippen molar-refractivity contribution in [2.45, 2.75) is 25.9 Å². The standard InChI is InChI=1S/C15H15N5O7/c16-18-17-6-1-7-26-11-2-3-12(20(24)25)10(8-11)9-27-15(23)19-13(21)4-5-14(19)22/h2-3,8H,1,4-7,9H2. The Bertz CT molecular complexity index is 803. The van der Waals surface area contributed by atoms with Crippen molar-refractivity contribution in [2.24, 2.45) is 5.11 Å². The SMILES string of the molecule is [N-]=[N+]=NCCCOc1ccc([N+](=O)[O-])c(COC(=O)N2C(=O)CCC2=O)c1. The summed E-state index contributed by atoms with van der Waals surface area (Å²) < 4.78 is 10.3. The number of carbonyl (C=O) groups is 3. The molecule has 0 bridgehead atoms. The molecule has 1 aliphatic heterocycles. The van der Waals surface area contributed by atoms with Gasteiger partial charge in [-0.25, -0.2) is 4.79 Å². The zero-order valence-electron chi connectivity index (χ0n) is 14.1. The van der Waals surface area contributed by atoms with Gasteiger partial charge in [0.2, 0.25) is 11.8 Å². The quantitative estimate of drug-likeness (QED) is 0.128. The largest absolute Gasteiger partial charge is 0.494 e. The number of nitro benzene ring substituents is 1. The molecule has 142 valence electrons. The number of benzene rings is 1. The van der Waals surface area contributed by atoms with Crippen molar-refractivity contribution >= 4 is 23.6 Å². The molecule has 2 rings (SSSR count). The number of hydrogen-bond donors (Lipinski definition) is 0. The van der Waals surface area contributed by atoms with Crippen LogP contribution in [0, 0.1) is 10.1 Å². The second-order valence-electron chi connectivity index (χ2n) is 5.38. The first-order chi connectivity index (χ1) is 12.9. The van der Waals surface area contributed by atoms with Crippen LogP contribution in [0.3, 0.4) is 0 Å². The summed E-state index contributed by atoms with van der Waals surface area (Å²) in [6.45, 7) is -0.0547. The predicted molar refractivity (Wildman–Crippen MR) is 88.5 cm³/mol. The maximum absolute atomic E-state index is 11.9. The summed E-state index contributed by atoms with van der Waals surface area (Å²) in [5.41, 5.74) is 7.92. The van der Waals surface area contributed by atoms with E-state index in [4.69, 9.17) is 15.0 Å². The molecular formula is C15H15N5O7. The van der Waals surface area contributed by atoms with Crippen LogP contribution < -0.4 is 4.74 Å². The maximum atomic E-state index is 11.9. The van der Waals surface area contributed by atoms with Crippen molar-refractivity contribution in [1.29, 1.82) is 0 Å². The van der Waals surface area contributed by atoms with E-state index in [0.29, 0.717) is 17.1 Å². The summed E-state index contributed by atoms with van der Waals surface area (Å²) in [6.07, 6.45) is -0.872. The highest BCUT2D eigenvalue weighted by Gasteiger charge is 2.36. The van der Waals surface area contributed by atoms with Crippen molar-refractivity contribution in [3.05, 3.63) is 44.3 Å². The Hall–Kier alpha value is -3.66. The molecule has 12 nitrogen and oxygen atoms in total. The van der Waals surface area contributed by atoms with Crippen molar-refractivity contribution < 1.29 is 28.8 Å². The Morgan fingerprint density at radius 2 is 2.04 bits per heavy atom. The first-order valence-electron chi connectivity index (χ1n) is 7.87. The summed E-state index contributed by atoms with van der Waals surface area (Å²) in [7, 11) is 0. The predicted octanol–water partition coefficient (Wildman–Crippen LogP) is 2.46. The molecule has 3 amide bonds. The molecule has 1 aromatic carbocycles. The van der Waals surface area contributed by atoms with E-state index in [9.17, 15) is 24.5 Å². The molecule has 0 unspecified atom stereocenters. The van der Waals surface area contributed by atoms with Crippen LogP contribution in [0.1, 0.15) is 24.8 Å². The van der Waals surface area contributed by atoms with Crippen LogP contribution >= 0.6 is 0 Å². The Labute approximate surface area is 152 Å². The van der Waals surface area contributed by atoms with Gasteiger partial charge >= 0.3 is 6.09 Å². The van der Waals surface area contributed by atoms with Crippen molar-refractivity contribution in [3.8, 4) is 5.75 Å². The maximum Gasteiger partial charge on any atom is 0.423 e. The third-order valence-corrected chi connectivity index (χ3v) is 3.57. The molecule has 1 heterocycles. The van der Waals surface area contributed by atoms with E-state index < -0.39 is 29.4 Å². The lowest BCUT2D eigenvalue weighted by atomic mass is 10.2. The molecule has 1 aliphatic rings. The molecule has 0 N–H and O–H groups in total. The molecule has 0 atom stereocenters. The number of nitrogens with zero attached hydrogens (tertiary/aromatic N) is 5. The van der Waals surface area contributed by atoms with Gasteiger partial charge in [0.05, 0.1) is 17.1 Å². The molecule has 1 saturated heterocycles. The van der Waals surface area contributed by atoms with Gasteiger partial charge < -0.3 is 9.47 Å². The van der Waals surface area contributed by atoms with Gasteiger partial charge in [-0.1, -0.05) is 5.11 Å². The highest BCUT2D eigenvalue weighted by Crippen LogP contribution is 2.25. The van der Waals surface area contributed by atoms with Gasteiger partial charge in [0, 0.05) is 30.4 Å². The molecule has 12 heteroatoms. The van der Waals surface area contributed by atoms with E-state index in [1.165, 1.54) is 18.2 Å². The number of likely N-dealkylation sites (tertiary alicyclic amines) is 1. The van der Waals surface area contributed by atoms with Gasteiger partial charge in [-0.05, 0) is 24.1 Å². The highest BCUT2D eigenvalue weighted by molar-refractivity contribution is 6.13. The molecule has 0 spiro atoms. The van der Waals surface area contributed by atoms with Crippen molar-refractivity contribution in [2.75, 3.05) is 13.2 Å². The lowest BCUT2D eigenvalue weighted by Gasteiger charge is -2.13. The lowest BCUT2D eigenvalue weighted by Crippen LogP contribution is -2.35. The minimum Gasteiger partial charge on any atom is -0.494 e. The molecule has 0 aliphatic carbocycles. The average molecular weight is 377 g/mol. The van der Waals surface area contributed by atoms with Crippen LogP contribution in [0.5, 0.6) is 5.75 Å². The van der Waals surface area contributed by atoms with Gasteiger partial charge in [-0.15, -0.1) is 0 Å². The smallest absolute Gasteiger partial charge is 0.423 e. The molecule has 0 radical (unpaired) electrons. The molecule has 1 fully saturated rings. The minimum absolute atomic E-state index is 0.0417. The summed E-state index contributed by atoms with van der Waals surface area (Å²) in [4.78, 5) is 48.4. The summed E-state index contributed by atoms with van der Waals surface area (Å²) in [6, 6.07) is 3.90. The fourth-order valence-electron chi connectivity index (χ4n) is 2.30. The van der Waals surface area contributed by atoms with Crippen molar-refractivity contribution in [1.82, 2.24) is 4.90 Å². The normalized spacial score (nSPS) is 13.3. The third kappa shape index (κ3) is 5.16. The van der Waals surface area contributed by atoms with E-state index >= 15 is 0 Å². The Morgan fingerprint density at radius 1 is 1.33 bits per heavy atom. The molecule has 0 aromatic heterocycles. The Balaban J connectivity index is 2.04. The molecule has 0 saturated carbocycles. The third-order valence-electron chi connectivity index (χ3n) is 3.57. The number of nitro groups is 1. The second kappa shape index (κ2) is 9.15. The van der Waals surface area contributed by atoms with Gasteiger partial charge in [0.1, 0.15) is 12.4 Å². The average Bonchev–Trinajstić information content (AvgIpc) is 2.98. The number of rotatable bonds is 8. The zero-order valence-corrected chi connectivity index (χ0v) is 14.1. The van der Waals surface area contributed by atoms with E-state index in [-0.39, 0.29) is 37.2 Å². The first-order valence-corrected chi connectivity index (χ1v) is 7.87. The fraction of sp³-hybridized carbons (Fsp3) is 0.400. The van der Waals surface area contributed by atoms with Gasteiger partial charge in [0.25, 0.3) is 5.69 Å². The van der Waals surface area contributed by atoms with E-state index in [1.54, 1.807) is 0 Å². The number of hydrogen-bond acceptors (Lipinski definition) is 8. The molecular weight excluding hydrogens is 362 g/mol. The highest BCUT2D eigenvalue weighted by atomic mass is 16.6. The Morgan fingerprint density at radius 3 is 2.67 bits per heavy atom. The first kappa shape index (κ1) is 19.7. The molecule has 27 heavy (non-hydrogen) atoms. The van der Waals surface area contributed by atoms with Crippen LogP contribution in [0.4, 0.5) is 10.5 Å². The number of imide groups is 3. The zero-order chi connectivity index (χ0) is 19.8. The van der Waals surface area contributed by atoms with Crippen LogP contribution in [-0.2, 0) is 20.9 Å². The van der Waals surface area contributed by atoms with Crippen molar-refractivity contribution in [3.63, 3.8) is 0 Å². The lowest BCUT2D eigenvalue weighted by molar-refractivity contribution is -0.385. The van der Waals surface area contributed by atoms with Crippen LogP contribution in [0.2, 0.25) is 0 Å². The van der Waals surface area contributed by atoms with Crippen LogP contribution in [-0.4, -0.2) is 40.9 Å². The summed E-state index contributed by atoms with van der Waals surface area (Å²) in [5.74, 6) is -1.05. The summed E-state index contributed by atoms with van der Waals surface area (Å²) >= 11 is 0. The number of amides is 3. The second-order valence-corrected chi connectivity index (χ2v) is 5.38. The molecule has 1 aromatic rings. The van der Waals surface area contributed by atoms with Crippen LogP contribution in [0.25, 0.3) is 10.4 Å². The number of carbonyl (C=O) groups excluding carboxylic acids is 3. The Kier molecular flexibility index (Phi) is 6.67. The number of azide groups is 1. The fourth-order valence-corrected chi connectivity index (χ4v) is 2.30.